The van der Waals surface area contributed by atoms with Gasteiger partial charge in [-0.05, 0) is 54.8 Å². The van der Waals surface area contributed by atoms with Crippen molar-refractivity contribution < 1.29 is 18.0 Å². The third-order valence-electron chi connectivity index (χ3n) is 6.29. The summed E-state index contributed by atoms with van der Waals surface area (Å²) in [4.78, 5) is 28.0. The highest BCUT2D eigenvalue weighted by atomic mass is 32.2. The molecule has 4 rings (SSSR count). The molecule has 0 bridgehead atoms. The quantitative estimate of drug-likeness (QED) is 0.494. The van der Waals surface area contributed by atoms with E-state index in [1.165, 1.54) is 4.31 Å². The average Bonchev–Trinajstić information content (AvgIpc) is 3.17. The number of hydrogen-bond donors (Lipinski definition) is 1. The van der Waals surface area contributed by atoms with Crippen LogP contribution in [0, 0.1) is 0 Å². The largest absolute Gasteiger partial charge is 0.339 e. The van der Waals surface area contributed by atoms with Crippen molar-refractivity contribution in [3.8, 4) is 0 Å². The zero-order chi connectivity index (χ0) is 25.5. The van der Waals surface area contributed by atoms with E-state index in [9.17, 15) is 18.0 Å². The molecule has 0 unspecified atom stereocenters. The minimum atomic E-state index is -3.54. The molecule has 1 aliphatic rings. The molecule has 188 valence electrons. The van der Waals surface area contributed by atoms with Crippen molar-refractivity contribution in [2.75, 3.05) is 29.0 Å². The number of nitrogens with zero attached hydrogens (tertiary/aromatic N) is 2. The van der Waals surface area contributed by atoms with E-state index in [-0.39, 0.29) is 18.4 Å². The summed E-state index contributed by atoms with van der Waals surface area (Å²) in [5, 5.41) is 2.86. The average molecular weight is 506 g/mol. The molecular weight excluding hydrogens is 474 g/mol. The first kappa shape index (κ1) is 25.4. The molecule has 0 atom stereocenters. The predicted octanol–water partition coefficient (Wildman–Crippen LogP) is 4.92. The first-order valence-corrected chi connectivity index (χ1v) is 14.0. The third kappa shape index (κ3) is 6.31. The van der Waals surface area contributed by atoms with E-state index in [0.29, 0.717) is 22.5 Å². The van der Waals surface area contributed by atoms with Crippen molar-refractivity contribution in [3.05, 3.63) is 95.6 Å². The van der Waals surface area contributed by atoms with Gasteiger partial charge in [0.15, 0.2) is 0 Å². The molecule has 1 aliphatic heterocycles. The number of carbonyl (C=O) groups is 2. The molecule has 1 fully saturated rings. The maximum Gasteiger partial charge on any atom is 0.255 e. The SMILES string of the molecule is CS(=O)(=O)N(Cc1ccccc1)c1ccc(C(=O)Nc2ccccc2C(=O)N2CCCCCC2)cc1. The molecule has 1 saturated heterocycles. The van der Waals surface area contributed by atoms with Crippen LogP contribution >= 0.6 is 0 Å². The summed E-state index contributed by atoms with van der Waals surface area (Å²) >= 11 is 0. The molecule has 0 saturated carbocycles. The number of benzene rings is 3. The second-order valence-corrected chi connectivity index (χ2v) is 10.9. The van der Waals surface area contributed by atoms with E-state index in [1.807, 2.05) is 35.2 Å². The Hall–Kier alpha value is -3.65. The molecule has 3 aromatic rings. The summed E-state index contributed by atoms with van der Waals surface area (Å²) in [6.07, 6.45) is 5.39. The smallest absolute Gasteiger partial charge is 0.255 e. The van der Waals surface area contributed by atoms with Gasteiger partial charge < -0.3 is 10.2 Å². The van der Waals surface area contributed by atoms with Crippen LogP contribution in [-0.2, 0) is 16.6 Å². The van der Waals surface area contributed by atoms with Crippen LogP contribution in [-0.4, -0.2) is 44.5 Å². The Kier molecular flexibility index (Phi) is 8.05. The number of amides is 2. The monoisotopic (exact) mass is 505 g/mol. The maximum atomic E-state index is 13.2. The van der Waals surface area contributed by atoms with Gasteiger partial charge in [0.2, 0.25) is 10.0 Å². The molecule has 8 heteroatoms. The lowest BCUT2D eigenvalue weighted by Crippen LogP contribution is -2.32. The maximum absolute atomic E-state index is 13.2. The Morgan fingerprint density at radius 1 is 0.833 bits per heavy atom. The van der Waals surface area contributed by atoms with Gasteiger partial charge in [0, 0.05) is 18.7 Å². The van der Waals surface area contributed by atoms with Crippen LogP contribution in [0.1, 0.15) is 52.0 Å². The van der Waals surface area contributed by atoms with Gasteiger partial charge in [-0.2, -0.15) is 0 Å². The van der Waals surface area contributed by atoms with Crippen molar-refractivity contribution in [2.24, 2.45) is 0 Å². The van der Waals surface area contributed by atoms with Crippen LogP contribution in [0.15, 0.2) is 78.9 Å². The molecule has 2 amide bonds. The number of sulfonamides is 1. The van der Waals surface area contributed by atoms with Crippen molar-refractivity contribution in [2.45, 2.75) is 32.2 Å². The summed E-state index contributed by atoms with van der Waals surface area (Å²) in [5.74, 6) is -0.445. The summed E-state index contributed by atoms with van der Waals surface area (Å²) < 4.78 is 26.2. The lowest BCUT2D eigenvalue weighted by Gasteiger charge is -2.23. The first-order chi connectivity index (χ1) is 17.3. The van der Waals surface area contributed by atoms with Crippen LogP contribution in [0.2, 0.25) is 0 Å². The van der Waals surface area contributed by atoms with Gasteiger partial charge in [-0.15, -0.1) is 0 Å². The highest BCUT2D eigenvalue weighted by molar-refractivity contribution is 7.92. The molecule has 1 heterocycles. The highest BCUT2D eigenvalue weighted by Crippen LogP contribution is 2.23. The number of anilines is 2. The standard InChI is InChI=1S/C28H31N3O4S/c1-36(34,35)31(21-22-11-5-4-6-12-22)24-17-15-23(16-18-24)27(32)29-26-14-8-7-13-25(26)28(33)30-19-9-2-3-10-20-30/h4-8,11-18H,2-3,9-10,19-21H2,1H3,(H,29,32). The van der Waals surface area contributed by atoms with Crippen LogP contribution in [0.4, 0.5) is 11.4 Å². The minimum absolute atomic E-state index is 0.0761. The summed E-state index contributed by atoms with van der Waals surface area (Å²) in [6.45, 7) is 1.64. The molecule has 3 aromatic carbocycles. The van der Waals surface area contributed by atoms with Gasteiger partial charge in [0.1, 0.15) is 0 Å². The lowest BCUT2D eigenvalue weighted by molar-refractivity contribution is 0.0762. The molecule has 0 aromatic heterocycles. The Morgan fingerprint density at radius 2 is 1.44 bits per heavy atom. The lowest BCUT2D eigenvalue weighted by atomic mass is 10.1. The Bertz CT molecular complexity index is 1300. The van der Waals surface area contributed by atoms with E-state index in [1.54, 1.807) is 48.5 Å². The van der Waals surface area contributed by atoms with E-state index in [0.717, 1.165) is 50.6 Å². The fourth-order valence-electron chi connectivity index (χ4n) is 4.35. The van der Waals surface area contributed by atoms with Gasteiger partial charge in [-0.3, -0.25) is 13.9 Å². The molecule has 0 spiro atoms. The van der Waals surface area contributed by atoms with Crippen LogP contribution < -0.4 is 9.62 Å². The van der Waals surface area contributed by atoms with Crippen LogP contribution in [0.25, 0.3) is 0 Å². The normalized spacial score (nSPS) is 14.1. The van der Waals surface area contributed by atoms with Crippen molar-refractivity contribution >= 4 is 33.2 Å². The fraction of sp³-hybridized carbons (Fsp3) is 0.286. The second-order valence-electron chi connectivity index (χ2n) is 9.01. The molecule has 0 aliphatic carbocycles. The Morgan fingerprint density at radius 3 is 2.08 bits per heavy atom. The van der Waals surface area contributed by atoms with E-state index in [2.05, 4.69) is 5.32 Å². The van der Waals surface area contributed by atoms with Gasteiger partial charge in [0.05, 0.1) is 29.7 Å². The van der Waals surface area contributed by atoms with Gasteiger partial charge >= 0.3 is 0 Å². The fourth-order valence-corrected chi connectivity index (χ4v) is 5.23. The summed E-state index contributed by atoms with van der Waals surface area (Å²) in [6, 6.07) is 22.8. The zero-order valence-corrected chi connectivity index (χ0v) is 21.2. The van der Waals surface area contributed by atoms with E-state index in [4.69, 9.17) is 0 Å². The van der Waals surface area contributed by atoms with Crippen molar-refractivity contribution in [1.29, 1.82) is 0 Å². The minimum Gasteiger partial charge on any atom is -0.339 e. The van der Waals surface area contributed by atoms with E-state index >= 15 is 0 Å². The van der Waals surface area contributed by atoms with Gasteiger partial charge in [-0.25, -0.2) is 8.42 Å². The number of para-hydroxylation sites is 1. The van der Waals surface area contributed by atoms with Gasteiger partial charge in [0.25, 0.3) is 11.8 Å². The number of nitrogens with one attached hydrogen (secondary N) is 1. The summed E-state index contributed by atoms with van der Waals surface area (Å²) in [5.41, 5.74) is 2.62. The summed E-state index contributed by atoms with van der Waals surface area (Å²) in [7, 11) is -3.54. The van der Waals surface area contributed by atoms with Crippen molar-refractivity contribution in [3.63, 3.8) is 0 Å². The number of carbonyl (C=O) groups excluding carboxylic acids is 2. The zero-order valence-electron chi connectivity index (χ0n) is 20.4. The Labute approximate surface area is 212 Å². The molecule has 36 heavy (non-hydrogen) atoms. The third-order valence-corrected chi connectivity index (χ3v) is 7.43. The topological polar surface area (TPSA) is 86.8 Å². The molecular formula is C28H31N3O4S. The molecule has 7 nitrogen and oxygen atoms in total. The molecule has 0 radical (unpaired) electrons. The first-order valence-electron chi connectivity index (χ1n) is 12.1. The Balaban J connectivity index is 1.51. The van der Waals surface area contributed by atoms with Crippen LogP contribution in [0.3, 0.4) is 0 Å². The van der Waals surface area contributed by atoms with E-state index < -0.39 is 10.0 Å². The van der Waals surface area contributed by atoms with Crippen molar-refractivity contribution in [1.82, 2.24) is 4.90 Å². The highest BCUT2D eigenvalue weighted by Gasteiger charge is 2.22. The number of rotatable bonds is 7. The number of hydrogen-bond acceptors (Lipinski definition) is 4. The predicted molar refractivity (Wildman–Crippen MR) is 143 cm³/mol. The second kappa shape index (κ2) is 11.4. The number of likely N-dealkylation sites (tertiary alicyclic amines) is 1. The van der Waals surface area contributed by atoms with Crippen LogP contribution in [0.5, 0.6) is 0 Å². The molecule has 1 N–H and O–H groups in total. The van der Waals surface area contributed by atoms with Gasteiger partial charge in [-0.1, -0.05) is 55.3 Å².